The molecule has 3 heteroatoms. The van der Waals surface area contributed by atoms with Crippen molar-refractivity contribution >= 4 is 17.7 Å². The molecule has 1 heterocycles. The molecule has 1 aliphatic rings. The Bertz CT molecular complexity index is 164. The number of rotatable bonds is 3. The van der Waals surface area contributed by atoms with Crippen LogP contribution in [0.4, 0.5) is 0 Å². The number of hydrogen-bond acceptors (Lipinski definition) is 2. The van der Waals surface area contributed by atoms with Gasteiger partial charge in [0, 0.05) is 6.54 Å². The summed E-state index contributed by atoms with van der Waals surface area (Å²) in [5, 5.41) is 3.22. The lowest BCUT2D eigenvalue weighted by atomic mass is 10.1. The smallest absolute Gasteiger partial charge is 0.233 e. The molecule has 1 unspecified atom stereocenters. The van der Waals surface area contributed by atoms with Crippen LogP contribution in [0.3, 0.4) is 0 Å². The molecule has 0 aromatic heterocycles. The van der Waals surface area contributed by atoms with E-state index in [1.807, 2.05) is 11.8 Å². The van der Waals surface area contributed by atoms with Crippen molar-refractivity contribution in [3.05, 3.63) is 0 Å². The average Bonchev–Trinajstić information content (AvgIpc) is 2.15. The molecule has 0 spiro atoms. The fourth-order valence-electron chi connectivity index (χ4n) is 1.37. The maximum Gasteiger partial charge on any atom is 0.233 e. The van der Waals surface area contributed by atoms with E-state index in [2.05, 4.69) is 19.2 Å². The molecule has 0 aromatic carbocycles. The summed E-state index contributed by atoms with van der Waals surface area (Å²) in [5.74, 6) is 1.95. The molecule has 0 radical (unpaired) electrons. The minimum Gasteiger partial charge on any atom is -0.355 e. The van der Waals surface area contributed by atoms with Gasteiger partial charge in [-0.15, -0.1) is 11.8 Å². The van der Waals surface area contributed by atoms with Gasteiger partial charge in [0.05, 0.1) is 5.25 Å². The second-order valence-electron chi connectivity index (χ2n) is 3.99. The Balaban J connectivity index is 2.21. The van der Waals surface area contributed by atoms with Crippen molar-refractivity contribution in [1.82, 2.24) is 5.32 Å². The largest absolute Gasteiger partial charge is 0.355 e. The summed E-state index contributed by atoms with van der Waals surface area (Å²) < 4.78 is 0. The van der Waals surface area contributed by atoms with E-state index in [1.54, 1.807) is 0 Å². The van der Waals surface area contributed by atoms with E-state index in [0.717, 1.165) is 18.7 Å². The zero-order valence-corrected chi connectivity index (χ0v) is 9.32. The van der Waals surface area contributed by atoms with Gasteiger partial charge in [-0.05, 0) is 24.5 Å². The van der Waals surface area contributed by atoms with Crippen molar-refractivity contribution in [3.8, 4) is 0 Å². The molecule has 1 N–H and O–H groups in total. The lowest BCUT2D eigenvalue weighted by Crippen LogP contribution is -2.36. The highest BCUT2D eigenvalue weighted by Crippen LogP contribution is 2.24. The van der Waals surface area contributed by atoms with Crippen molar-refractivity contribution in [1.29, 1.82) is 0 Å². The van der Waals surface area contributed by atoms with Crippen LogP contribution in [0.2, 0.25) is 0 Å². The fourth-order valence-corrected chi connectivity index (χ4v) is 2.59. The second kappa shape index (κ2) is 5.53. The van der Waals surface area contributed by atoms with Crippen molar-refractivity contribution in [2.24, 2.45) is 5.92 Å². The number of amides is 1. The first kappa shape index (κ1) is 10.9. The van der Waals surface area contributed by atoms with Crippen LogP contribution < -0.4 is 5.32 Å². The summed E-state index contributed by atoms with van der Waals surface area (Å²) in [5.41, 5.74) is 0. The number of nitrogens with one attached hydrogen (secondary N) is 1. The summed E-state index contributed by atoms with van der Waals surface area (Å²) >= 11 is 1.81. The van der Waals surface area contributed by atoms with Gasteiger partial charge in [0.15, 0.2) is 0 Å². The lowest BCUT2D eigenvalue weighted by Gasteiger charge is -2.20. The SMILES string of the molecule is CC(C)CNC(=O)C1CCCCS1. The normalized spacial score (nSPS) is 23.2. The zero-order chi connectivity index (χ0) is 9.68. The molecular weight excluding hydrogens is 182 g/mol. The molecule has 1 amide bonds. The van der Waals surface area contributed by atoms with Crippen molar-refractivity contribution in [2.45, 2.75) is 38.4 Å². The Morgan fingerprint density at radius 2 is 2.31 bits per heavy atom. The van der Waals surface area contributed by atoms with E-state index in [1.165, 1.54) is 12.8 Å². The van der Waals surface area contributed by atoms with Gasteiger partial charge in [-0.2, -0.15) is 0 Å². The van der Waals surface area contributed by atoms with Crippen molar-refractivity contribution in [2.75, 3.05) is 12.3 Å². The van der Waals surface area contributed by atoms with Gasteiger partial charge in [0.2, 0.25) is 5.91 Å². The summed E-state index contributed by atoms with van der Waals surface area (Å²) in [7, 11) is 0. The number of thioether (sulfide) groups is 1. The first-order valence-corrected chi connectivity index (χ1v) is 6.14. The average molecular weight is 201 g/mol. The Kier molecular flexibility index (Phi) is 4.64. The van der Waals surface area contributed by atoms with Crippen LogP contribution in [-0.4, -0.2) is 23.5 Å². The van der Waals surface area contributed by atoms with Gasteiger partial charge in [0.25, 0.3) is 0 Å². The third-order valence-corrected chi connectivity index (χ3v) is 3.53. The Morgan fingerprint density at radius 3 is 2.85 bits per heavy atom. The summed E-state index contributed by atoms with van der Waals surface area (Å²) in [6.45, 7) is 5.05. The van der Waals surface area contributed by atoms with Crippen molar-refractivity contribution < 1.29 is 4.79 Å². The van der Waals surface area contributed by atoms with Gasteiger partial charge in [0.1, 0.15) is 0 Å². The van der Waals surface area contributed by atoms with Crippen molar-refractivity contribution in [3.63, 3.8) is 0 Å². The Labute approximate surface area is 84.9 Å². The molecule has 1 rings (SSSR count). The van der Waals surface area contributed by atoms with Crippen LogP contribution in [0.15, 0.2) is 0 Å². The highest BCUT2D eigenvalue weighted by Gasteiger charge is 2.21. The molecule has 13 heavy (non-hydrogen) atoms. The van der Waals surface area contributed by atoms with Crippen LogP contribution in [-0.2, 0) is 4.79 Å². The highest BCUT2D eigenvalue weighted by atomic mass is 32.2. The monoisotopic (exact) mass is 201 g/mol. The molecule has 2 nitrogen and oxygen atoms in total. The minimum absolute atomic E-state index is 0.229. The quantitative estimate of drug-likeness (QED) is 0.757. The molecule has 1 atom stereocenters. The second-order valence-corrected chi connectivity index (χ2v) is 5.30. The third kappa shape index (κ3) is 4.03. The van der Waals surface area contributed by atoms with Crippen LogP contribution in [0.1, 0.15) is 33.1 Å². The molecule has 0 bridgehead atoms. The maximum absolute atomic E-state index is 11.6. The molecule has 0 saturated carbocycles. The first-order chi connectivity index (χ1) is 6.20. The van der Waals surface area contributed by atoms with Gasteiger partial charge in [-0.1, -0.05) is 20.3 Å². The van der Waals surface area contributed by atoms with Gasteiger partial charge in [-0.25, -0.2) is 0 Å². The van der Waals surface area contributed by atoms with Gasteiger partial charge < -0.3 is 5.32 Å². The molecule has 1 saturated heterocycles. The van der Waals surface area contributed by atoms with Crippen LogP contribution in [0, 0.1) is 5.92 Å². The standard InChI is InChI=1S/C10H19NOS/c1-8(2)7-11-10(12)9-5-3-4-6-13-9/h8-9H,3-7H2,1-2H3,(H,11,12). The van der Waals surface area contributed by atoms with Gasteiger partial charge in [-0.3, -0.25) is 4.79 Å². The van der Waals surface area contributed by atoms with E-state index < -0.39 is 0 Å². The molecule has 1 fully saturated rings. The summed E-state index contributed by atoms with van der Waals surface area (Å²) in [6.07, 6.45) is 3.56. The predicted molar refractivity (Wildman–Crippen MR) is 57.9 cm³/mol. The zero-order valence-electron chi connectivity index (χ0n) is 8.51. The molecular formula is C10H19NOS. The van der Waals surface area contributed by atoms with E-state index in [0.29, 0.717) is 5.92 Å². The van der Waals surface area contributed by atoms with Crippen LogP contribution in [0.5, 0.6) is 0 Å². The Morgan fingerprint density at radius 1 is 1.54 bits per heavy atom. The van der Waals surface area contributed by atoms with E-state index >= 15 is 0 Å². The highest BCUT2D eigenvalue weighted by molar-refractivity contribution is 8.00. The maximum atomic E-state index is 11.6. The summed E-state index contributed by atoms with van der Waals surface area (Å²) in [6, 6.07) is 0. The predicted octanol–water partition coefficient (Wildman–Crippen LogP) is 2.04. The summed E-state index contributed by atoms with van der Waals surface area (Å²) in [4.78, 5) is 11.6. The molecule has 0 aliphatic carbocycles. The van der Waals surface area contributed by atoms with Gasteiger partial charge >= 0.3 is 0 Å². The molecule has 0 aromatic rings. The molecule has 76 valence electrons. The molecule has 1 aliphatic heterocycles. The number of carbonyl (C=O) groups is 1. The van der Waals surface area contributed by atoms with E-state index in [4.69, 9.17) is 0 Å². The topological polar surface area (TPSA) is 29.1 Å². The lowest BCUT2D eigenvalue weighted by molar-refractivity contribution is -0.120. The fraction of sp³-hybridized carbons (Fsp3) is 0.900. The van der Waals surface area contributed by atoms with E-state index in [9.17, 15) is 4.79 Å². The van der Waals surface area contributed by atoms with Crippen LogP contribution >= 0.6 is 11.8 Å². The minimum atomic E-state index is 0.229. The first-order valence-electron chi connectivity index (χ1n) is 5.09. The number of carbonyl (C=O) groups excluding carboxylic acids is 1. The Hall–Kier alpha value is -0.180. The van der Waals surface area contributed by atoms with Crippen LogP contribution in [0.25, 0.3) is 0 Å². The van der Waals surface area contributed by atoms with E-state index in [-0.39, 0.29) is 11.2 Å². The number of hydrogen-bond donors (Lipinski definition) is 1. The third-order valence-electron chi connectivity index (χ3n) is 2.16.